The normalized spacial score (nSPS) is 10.7. The second kappa shape index (κ2) is 3.99. The van der Waals surface area contributed by atoms with E-state index in [1.807, 2.05) is 25.1 Å². The Labute approximate surface area is 102 Å². The van der Waals surface area contributed by atoms with Crippen molar-refractivity contribution in [1.82, 2.24) is 20.1 Å². The molecule has 0 fully saturated rings. The SMILES string of the molecule is Cc1cc(Nn2ncc3ccccc3c2=O)n[nH]1. The van der Waals surface area contributed by atoms with E-state index in [9.17, 15) is 4.79 Å². The van der Waals surface area contributed by atoms with Gasteiger partial charge in [0.15, 0.2) is 5.82 Å². The topological polar surface area (TPSA) is 75.6 Å². The van der Waals surface area contributed by atoms with Crippen LogP contribution in [0.2, 0.25) is 0 Å². The van der Waals surface area contributed by atoms with Crippen LogP contribution in [0.4, 0.5) is 5.82 Å². The van der Waals surface area contributed by atoms with Crippen molar-refractivity contribution in [3.05, 3.63) is 52.6 Å². The molecule has 0 aliphatic carbocycles. The van der Waals surface area contributed by atoms with Gasteiger partial charge in [-0.3, -0.25) is 15.3 Å². The van der Waals surface area contributed by atoms with Gasteiger partial charge >= 0.3 is 0 Å². The van der Waals surface area contributed by atoms with Crippen LogP contribution in [0, 0.1) is 6.92 Å². The highest BCUT2D eigenvalue weighted by molar-refractivity contribution is 5.80. The van der Waals surface area contributed by atoms with E-state index in [2.05, 4.69) is 20.7 Å². The van der Waals surface area contributed by atoms with E-state index in [1.54, 1.807) is 18.3 Å². The largest absolute Gasteiger partial charge is 0.294 e. The molecule has 90 valence electrons. The predicted molar refractivity (Wildman–Crippen MR) is 68.3 cm³/mol. The van der Waals surface area contributed by atoms with Crippen LogP contribution in [-0.2, 0) is 0 Å². The Kier molecular flexibility index (Phi) is 2.33. The first kappa shape index (κ1) is 10.5. The highest BCUT2D eigenvalue weighted by Gasteiger charge is 2.04. The lowest BCUT2D eigenvalue weighted by atomic mass is 10.2. The van der Waals surface area contributed by atoms with Crippen molar-refractivity contribution in [2.75, 3.05) is 5.43 Å². The molecule has 2 N–H and O–H groups in total. The molecule has 0 saturated heterocycles. The minimum absolute atomic E-state index is 0.200. The van der Waals surface area contributed by atoms with Gasteiger partial charge in [-0.15, -0.1) is 4.79 Å². The molecule has 0 radical (unpaired) electrons. The molecule has 3 rings (SSSR count). The Balaban J connectivity index is 2.08. The molecule has 0 amide bonds. The van der Waals surface area contributed by atoms with E-state index in [-0.39, 0.29) is 5.56 Å². The molecule has 0 aliphatic heterocycles. The molecule has 3 aromatic rings. The van der Waals surface area contributed by atoms with Crippen LogP contribution in [0.25, 0.3) is 10.8 Å². The van der Waals surface area contributed by atoms with Gasteiger partial charge in [0.2, 0.25) is 0 Å². The zero-order valence-electron chi connectivity index (χ0n) is 9.71. The van der Waals surface area contributed by atoms with Crippen LogP contribution in [0.1, 0.15) is 5.69 Å². The van der Waals surface area contributed by atoms with Crippen LogP contribution in [0.15, 0.2) is 41.3 Å². The van der Waals surface area contributed by atoms with Gasteiger partial charge in [0.25, 0.3) is 5.56 Å². The maximum atomic E-state index is 12.1. The Morgan fingerprint density at radius 1 is 1.33 bits per heavy atom. The molecular formula is C12H11N5O. The summed E-state index contributed by atoms with van der Waals surface area (Å²) in [4.78, 5) is 13.3. The number of aromatic amines is 1. The molecule has 0 spiro atoms. The van der Waals surface area contributed by atoms with Crippen molar-refractivity contribution in [2.24, 2.45) is 0 Å². The maximum Gasteiger partial charge on any atom is 0.294 e. The minimum Gasteiger partial charge on any atom is -0.281 e. The average molecular weight is 241 g/mol. The molecule has 2 aromatic heterocycles. The fourth-order valence-electron chi connectivity index (χ4n) is 1.75. The van der Waals surface area contributed by atoms with Crippen molar-refractivity contribution in [2.45, 2.75) is 6.92 Å². The van der Waals surface area contributed by atoms with E-state index < -0.39 is 0 Å². The van der Waals surface area contributed by atoms with Crippen LogP contribution < -0.4 is 11.0 Å². The Morgan fingerprint density at radius 3 is 2.94 bits per heavy atom. The van der Waals surface area contributed by atoms with E-state index in [1.165, 1.54) is 4.79 Å². The van der Waals surface area contributed by atoms with Crippen molar-refractivity contribution < 1.29 is 0 Å². The van der Waals surface area contributed by atoms with Crippen LogP contribution >= 0.6 is 0 Å². The number of anilines is 1. The quantitative estimate of drug-likeness (QED) is 0.709. The molecule has 0 atom stereocenters. The van der Waals surface area contributed by atoms with Crippen LogP contribution in [-0.4, -0.2) is 20.1 Å². The summed E-state index contributed by atoms with van der Waals surface area (Å²) in [5.74, 6) is 0.553. The van der Waals surface area contributed by atoms with Gasteiger partial charge in [-0.2, -0.15) is 10.2 Å². The standard InChI is InChI=1S/C12H11N5O/c1-8-6-11(15-14-8)16-17-12(18)10-5-3-2-4-9(10)7-13-17/h2-7H,1H3,(H2,14,15,16). The average Bonchev–Trinajstić information content (AvgIpc) is 2.79. The van der Waals surface area contributed by atoms with Gasteiger partial charge in [-0.05, 0) is 13.0 Å². The predicted octanol–water partition coefficient (Wildman–Crippen LogP) is 1.30. The number of rotatable bonds is 2. The summed E-state index contributed by atoms with van der Waals surface area (Å²) < 4.78 is 0. The lowest BCUT2D eigenvalue weighted by Gasteiger charge is -2.05. The first-order chi connectivity index (χ1) is 8.74. The summed E-state index contributed by atoms with van der Waals surface area (Å²) in [6.45, 7) is 1.88. The molecule has 0 unspecified atom stereocenters. The molecule has 0 aliphatic rings. The number of H-pyrrole nitrogens is 1. The summed E-state index contributed by atoms with van der Waals surface area (Å²) in [6.07, 6.45) is 1.64. The number of fused-ring (bicyclic) bond motifs is 1. The van der Waals surface area contributed by atoms with Gasteiger partial charge in [-0.25, -0.2) is 0 Å². The maximum absolute atomic E-state index is 12.1. The van der Waals surface area contributed by atoms with Crippen LogP contribution in [0.3, 0.4) is 0 Å². The zero-order chi connectivity index (χ0) is 12.5. The highest BCUT2D eigenvalue weighted by atomic mass is 16.1. The van der Waals surface area contributed by atoms with Crippen molar-refractivity contribution >= 4 is 16.6 Å². The third-order valence-electron chi connectivity index (χ3n) is 2.62. The third kappa shape index (κ3) is 1.73. The zero-order valence-corrected chi connectivity index (χ0v) is 9.71. The van der Waals surface area contributed by atoms with Gasteiger partial charge in [0, 0.05) is 17.1 Å². The fraction of sp³-hybridized carbons (Fsp3) is 0.0833. The monoisotopic (exact) mass is 241 g/mol. The summed E-state index contributed by atoms with van der Waals surface area (Å²) in [5.41, 5.74) is 3.54. The Bertz CT molecular complexity index is 758. The second-order valence-electron chi connectivity index (χ2n) is 4.00. The number of nitrogens with one attached hydrogen (secondary N) is 2. The summed E-state index contributed by atoms with van der Waals surface area (Å²) >= 11 is 0. The number of benzene rings is 1. The first-order valence-corrected chi connectivity index (χ1v) is 5.50. The lowest BCUT2D eigenvalue weighted by Crippen LogP contribution is -2.28. The summed E-state index contributed by atoms with van der Waals surface area (Å²) in [5, 5.41) is 12.3. The second-order valence-corrected chi connectivity index (χ2v) is 4.00. The Morgan fingerprint density at radius 2 is 2.17 bits per heavy atom. The molecule has 1 aromatic carbocycles. The van der Waals surface area contributed by atoms with E-state index in [0.29, 0.717) is 11.2 Å². The number of aromatic nitrogens is 4. The van der Waals surface area contributed by atoms with Crippen molar-refractivity contribution in [1.29, 1.82) is 0 Å². The van der Waals surface area contributed by atoms with E-state index in [4.69, 9.17) is 0 Å². The van der Waals surface area contributed by atoms with Crippen LogP contribution in [0.5, 0.6) is 0 Å². The first-order valence-electron chi connectivity index (χ1n) is 5.50. The lowest BCUT2D eigenvalue weighted by molar-refractivity contribution is 0.744. The Hall–Kier alpha value is -2.63. The van der Waals surface area contributed by atoms with Crippen molar-refractivity contribution in [3.63, 3.8) is 0 Å². The van der Waals surface area contributed by atoms with E-state index >= 15 is 0 Å². The third-order valence-corrected chi connectivity index (χ3v) is 2.62. The molecular weight excluding hydrogens is 230 g/mol. The number of nitrogens with zero attached hydrogens (tertiary/aromatic N) is 3. The summed E-state index contributed by atoms with van der Waals surface area (Å²) in [7, 11) is 0. The molecule has 6 nitrogen and oxygen atoms in total. The molecule has 0 saturated carbocycles. The number of hydrogen-bond donors (Lipinski definition) is 2. The molecule has 18 heavy (non-hydrogen) atoms. The van der Waals surface area contributed by atoms with Crippen molar-refractivity contribution in [3.8, 4) is 0 Å². The number of aryl methyl sites for hydroxylation is 1. The summed E-state index contributed by atoms with van der Waals surface area (Å²) in [6, 6.07) is 9.12. The molecule has 6 heteroatoms. The van der Waals surface area contributed by atoms with E-state index in [0.717, 1.165) is 11.1 Å². The molecule has 0 bridgehead atoms. The molecule has 2 heterocycles. The number of hydrogen-bond acceptors (Lipinski definition) is 4. The smallest absolute Gasteiger partial charge is 0.281 e. The van der Waals surface area contributed by atoms with Gasteiger partial charge in [0.05, 0.1) is 11.6 Å². The fourth-order valence-corrected chi connectivity index (χ4v) is 1.75. The minimum atomic E-state index is -0.200. The van der Waals surface area contributed by atoms with Gasteiger partial charge in [0.1, 0.15) is 0 Å². The van der Waals surface area contributed by atoms with Gasteiger partial charge < -0.3 is 0 Å². The highest BCUT2D eigenvalue weighted by Crippen LogP contribution is 2.07. The van der Waals surface area contributed by atoms with Gasteiger partial charge in [-0.1, -0.05) is 18.2 Å².